The van der Waals surface area contributed by atoms with Gasteiger partial charge in [0.05, 0.1) is 0 Å². The summed E-state index contributed by atoms with van der Waals surface area (Å²) in [5.74, 6) is 0.792. The summed E-state index contributed by atoms with van der Waals surface area (Å²) in [6.45, 7) is 6.79. The van der Waals surface area contributed by atoms with Crippen LogP contribution in [-0.2, 0) is 9.59 Å². The molecule has 5 nitrogen and oxygen atoms in total. The van der Waals surface area contributed by atoms with Crippen LogP contribution in [0.5, 0.6) is 0 Å². The van der Waals surface area contributed by atoms with E-state index in [0.717, 1.165) is 26.1 Å². The zero-order chi connectivity index (χ0) is 14.1. The van der Waals surface area contributed by atoms with Crippen LogP contribution in [0.3, 0.4) is 0 Å². The second-order valence-corrected chi connectivity index (χ2v) is 5.57. The molecule has 1 saturated heterocycles. The van der Waals surface area contributed by atoms with Crippen LogP contribution in [0.15, 0.2) is 0 Å². The minimum Gasteiger partial charge on any atom is -0.356 e. The first-order valence-electron chi connectivity index (χ1n) is 7.34. The van der Waals surface area contributed by atoms with Gasteiger partial charge in [-0.2, -0.15) is 0 Å². The molecule has 0 aromatic carbocycles. The molecule has 0 aromatic rings. The molecule has 1 aliphatic rings. The van der Waals surface area contributed by atoms with Crippen LogP contribution in [0.4, 0.5) is 0 Å². The minimum atomic E-state index is 0.0276. The van der Waals surface area contributed by atoms with Gasteiger partial charge in [-0.05, 0) is 52.1 Å². The minimum absolute atomic E-state index is 0.0276. The fraction of sp³-hybridized carbons (Fsp3) is 0.857. The summed E-state index contributed by atoms with van der Waals surface area (Å²) >= 11 is 0. The summed E-state index contributed by atoms with van der Waals surface area (Å²) in [6, 6.07) is 0.168. The van der Waals surface area contributed by atoms with Gasteiger partial charge in [0, 0.05) is 25.4 Å². The molecule has 1 aliphatic heterocycles. The lowest BCUT2D eigenvalue weighted by molar-refractivity contribution is -0.122. The third-order valence-corrected chi connectivity index (χ3v) is 3.29. The Morgan fingerprint density at radius 3 is 2.63 bits per heavy atom. The monoisotopic (exact) mass is 269 g/mol. The van der Waals surface area contributed by atoms with Crippen molar-refractivity contribution >= 4 is 11.8 Å². The molecule has 3 N–H and O–H groups in total. The predicted octanol–water partition coefficient (Wildman–Crippen LogP) is 0.797. The maximum atomic E-state index is 11.6. The molecule has 0 aliphatic carbocycles. The van der Waals surface area contributed by atoms with Crippen molar-refractivity contribution in [3.63, 3.8) is 0 Å². The highest BCUT2D eigenvalue weighted by molar-refractivity contribution is 5.78. The van der Waals surface area contributed by atoms with Crippen molar-refractivity contribution in [2.45, 2.75) is 52.0 Å². The highest BCUT2D eigenvalue weighted by Crippen LogP contribution is 2.10. The number of rotatable bonds is 8. The number of nitrogens with one attached hydrogen (secondary N) is 3. The van der Waals surface area contributed by atoms with Crippen LogP contribution in [0.2, 0.25) is 0 Å². The Balaban J connectivity index is 1.96. The molecule has 0 radical (unpaired) electrons. The second-order valence-electron chi connectivity index (χ2n) is 5.57. The molecule has 1 rings (SSSR count). The van der Waals surface area contributed by atoms with E-state index >= 15 is 0 Å². The van der Waals surface area contributed by atoms with E-state index in [-0.39, 0.29) is 17.9 Å². The largest absolute Gasteiger partial charge is 0.356 e. The summed E-state index contributed by atoms with van der Waals surface area (Å²) in [5, 5.41) is 9.06. The Morgan fingerprint density at radius 1 is 1.26 bits per heavy atom. The highest BCUT2D eigenvalue weighted by atomic mass is 16.2. The summed E-state index contributed by atoms with van der Waals surface area (Å²) in [6.07, 6.45) is 3.75. The van der Waals surface area contributed by atoms with Crippen molar-refractivity contribution in [2.75, 3.05) is 19.6 Å². The van der Waals surface area contributed by atoms with Crippen molar-refractivity contribution < 1.29 is 9.59 Å². The predicted molar refractivity (Wildman–Crippen MR) is 75.7 cm³/mol. The summed E-state index contributed by atoms with van der Waals surface area (Å²) < 4.78 is 0. The highest BCUT2D eigenvalue weighted by Gasteiger charge is 2.14. The lowest BCUT2D eigenvalue weighted by Gasteiger charge is -2.10. The first kappa shape index (κ1) is 16.0. The molecule has 0 spiro atoms. The number of carbonyl (C=O) groups excluding carboxylic acids is 2. The van der Waals surface area contributed by atoms with Crippen molar-refractivity contribution in [3.8, 4) is 0 Å². The van der Waals surface area contributed by atoms with E-state index in [9.17, 15) is 9.59 Å². The molecular formula is C14H27N3O2. The van der Waals surface area contributed by atoms with Gasteiger partial charge in [0.15, 0.2) is 0 Å². The number of hydrogen-bond acceptors (Lipinski definition) is 3. The van der Waals surface area contributed by atoms with Gasteiger partial charge in [0.2, 0.25) is 11.8 Å². The van der Waals surface area contributed by atoms with E-state index in [1.54, 1.807) is 0 Å². The molecular weight excluding hydrogens is 242 g/mol. The van der Waals surface area contributed by atoms with Crippen molar-refractivity contribution in [1.29, 1.82) is 0 Å². The molecule has 0 saturated carbocycles. The lowest BCUT2D eigenvalue weighted by atomic mass is 10.1. The molecule has 1 heterocycles. The van der Waals surface area contributed by atoms with Gasteiger partial charge in [-0.15, -0.1) is 0 Å². The van der Waals surface area contributed by atoms with Gasteiger partial charge in [0.1, 0.15) is 0 Å². The van der Waals surface area contributed by atoms with E-state index in [1.165, 1.54) is 6.42 Å². The van der Waals surface area contributed by atoms with Crippen LogP contribution in [0.25, 0.3) is 0 Å². The Morgan fingerprint density at radius 2 is 2.00 bits per heavy atom. The van der Waals surface area contributed by atoms with Gasteiger partial charge in [0.25, 0.3) is 0 Å². The van der Waals surface area contributed by atoms with Crippen LogP contribution in [-0.4, -0.2) is 37.5 Å². The summed E-state index contributed by atoms with van der Waals surface area (Å²) in [7, 11) is 0. The molecule has 2 amide bonds. The van der Waals surface area contributed by atoms with Gasteiger partial charge in [-0.25, -0.2) is 0 Å². The first-order valence-corrected chi connectivity index (χ1v) is 7.34. The average molecular weight is 269 g/mol. The van der Waals surface area contributed by atoms with Gasteiger partial charge in [-0.1, -0.05) is 0 Å². The SMILES string of the molecule is CC(C)NC(=O)CCCC(=O)NCCC1CCNC1. The van der Waals surface area contributed by atoms with E-state index in [0.29, 0.717) is 25.2 Å². The molecule has 110 valence electrons. The average Bonchev–Trinajstić information content (AvgIpc) is 2.81. The first-order chi connectivity index (χ1) is 9.08. The molecule has 0 bridgehead atoms. The fourth-order valence-electron chi connectivity index (χ4n) is 2.27. The standard InChI is InChI=1S/C14H27N3O2/c1-11(2)17-14(19)5-3-4-13(18)16-9-7-12-6-8-15-10-12/h11-12,15H,3-10H2,1-2H3,(H,16,18)(H,17,19). The van der Waals surface area contributed by atoms with Crippen molar-refractivity contribution in [1.82, 2.24) is 16.0 Å². The zero-order valence-corrected chi connectivity index (χ0v) is 12.1. The normalized spacial score (nSPS) is 18.6. The topological polar surface area (TPSA) is 70.2 Å². The number of hydrogen-bond donors (Lipinski definition) is 3. The smallest absolute Gasteiger partial charge is 0.220 e. The van der Waals surface area contributed by atoms with Crippen molar-refractivity contribution in [2.24, 2.45) is 5.92 Å². The number of amides is 2. The lowest BCUT2D eigenvalue weighted by Crippen LogP contribution is -2.30. The van der Waals surface area contributed by atoms with E-state index in [1.807, 2.05) is 13.8 Å². The van der Waals surface area contributed by atoms with E-state index in [2.05, 4.69) is 16.0 Å². The second kappa shape index (κ2) is 8.91. The zero-order valence-electron chi connectivity index (χ0n) is 12.1. The van der Waals surface area contributed by atoms with Gasteiger partial charge >= 0.3 is 0 Å². The Kier molecular flexibility index (Phi) is 7.48. The molecule has 1 atom stereocenters. The molecule has 1 unspecified atom stereocenters. The maximum absolute atomic E-state index is 11.6. The Bertz CT molecular complexity index is 286. The maximum Gasteiger partial charge on any atom is 0.220 e. The van der Waals surface area contributed by atoms with Gasteiger partial charge < -0.3 is 16.0 Å². The van der Waals surface area contributed by atoms with Gasteiger partial charge in [-0.3, -0.25) is 9.59 Å². The van der Waals surface area contributed by atoms with Crippen molar-refractivity contribution in [3.05, 3.63) is 0 Å². The molecule has 1 fully saturated rings. The molecule has 0 aromatic heterocycles. The Labute approximate surface area is 115 Å². The third-order valence-electron chi connectivity index (χ3n) is 3.29. The summed E-state index contributed by atoms with van der Waals surface area (Å²) in [5.41, 5.74) is 0. The Hall–Kier alpha value is -1.10. The molecule has 5 heteroatoms. The van der Waals surface area contributed by atoms with Crippen LogP contribution in [0.1, 0.15) is 46.0 Å². The number of carbonyl (C=O) groups is 2. The fourth-order valence-corrected chi connectivity index (χ4v) is 2.27. The summed E-state index contributed by atoms with van der Waals surface area (Å²) in [4.78, 5) is 22.9. The van der Waals surface area contributed by atoms with Crippen LogP contribution in [0, 0.1) is 5.92 Å². The van der Waals surface area contributed by atoms with E-state index < -0.39 is 0 Å². The van der Waals surface area contributed by atoms with Crippen LogP contribution >= 0.6 is 0 Å². The van der Waals surface area contributed by atoms with E-state index in [4.69, 9.17) is 0 Å². The molecule has 19 heavy (non-hydrogen) atoms. The third kappa shape index (κ3) is 7.82. The van der Waals surface area contributed by atoms with Crippen LogP contribution < -0.4 is 16.0 Å². The quantitative estimate of drug-likeness (QED) is 0.610.